The van der Waals surface area contributed by atoms with Crippen molar-refractivity contribution in [3.63, 3.8) is 0 Å². The monoisotopic (exact) mass is 259 g/mol. The summed E-state index contributed by atoms with van der Waals surface area (Å²) in [6.07, 6.45) is 2.11. The van der Waals surface area contributed by atoms with Crippen LogP contribution in [0.4, 0.5) is 0 Å². The Morgan fingerprint density at radius 1 is 1.37 bits per heavy atom. The van der Waals surface area contributed by atoms with Gasteiger partial charge in [0, 0.05) is 12.6 Å². The van der Waals surface area contributed by atoms with Crippen LogP contribution in [0, 0.1) is 6.92 Å². The fourth-order valence-electron chi connectivity index (χ4n) is 2.67. The highest BCUT2D eigenvalue weighted by Crippen LogP contribution is 2.09. The molecule has 1 atom stereocenters. The van der Waals surface area contributed by atoms with E-state index in [1.54, 1.807) is 6.07 Å². The van der Waals surface area contributed by atoms with E-state index in [4.69, 9.17) is 0 Å². The Kier molecular flexibility index (Phi) is 2.98. The molecule has 1 fully saturated rings. The van der Waals surface area contributed by atoms with Crippen LogP contribution >= 0.6 is 0 Å². The summed E-state index contributed by atoms with van der Waals surface area (Å²) in [5, 5.41) is 3.88. The van der Waals surface area contributed by atoms with E-state index in [0.717, 1.165) is 24.9 Å². The first-order chi connectivity index (χ1) is 9.15. The third kappa shape index (κ3) is 2.21. The van der Waals surface area contributed by atoms with E-state index in [-0.39, 0.29) is 17.3 Å². The molecule has 2 aromatic rings. The molecule has 0 spiro atoms. The number of hydrogen-bond acceptors (Lipinski definition) is 3. The summed E-state index contributed by atoms with van der Waals surface area (Å²) >= 11 is 0. The van der Waals surface area contributed by atoms with Crippen molar-refractivity contribution in [1.82, 2.24) is 14.9 Å². The van der Waals surface area contributed by atoms with Crippen LogP contribution in [0.1, 0.15) is 18.4 Å². The molecular weight excluding hydrogens is 242 g/mol. The summed E-state index contributed by atoms with van der Waals surface area (Å²) in [5.74, 6) is 0. The normalized spacial score (nSPS) is 19.1. The summed E-state index contributed by atoms with van der Waals surface area (Å²) in [4.78, 5) is 27.2. The molecule has 0 aliphatic carbocycles. The third-order valence-corrected chi connectivity index (χ3v) is 3.70. The quantitative estimate of drug-likeness (QED) is 0.836. The minimum Gasteiger partial charge on any atom is -0.312 e. The summed E-state index contributed by atoms with van der Waals surface area (Å²) in [6.45, 7) is 3.34. The second kappa shape index (κ2) is 4.66. The average Bonchev–Trinajstić information content (AvgIpc) is 2.87. The highest BCUT2D eigenvalue weighted by molar-refractivity contribution is 5.77. The van der Waals surface area contributed by atoms with Crippen molar-refractivity contribution in [1.29, 1.82) is 0 Å². The van der Waals surface area contributed by atoms with E-state index in [1.165, 1.54) is 4.57 Å². The standard InChI is InChI=1S/C14H17N3O2/c1-9-4-5-11-12(7-9)16-14(19)17(13(11)18)8-10-3-2-6-15-10/h4-5,7,10,15H,2-3,6,8H2,1H3,(H,16,19). The smallest absolute Gasteiger partial charge is 0.312 e. The van der Waals surface area contributed by atoms with Crippen LogP contribution < -0.4 is 16.6 Å². The van der Waals surface area contributed by atoms with Crippen molar-refractivity contribution < 1.29 is 0 Å². The number of benzene rings is 1. The van der Waals surface area contributed by atoms with E-state index in [2.05, 4.69) is 10.3 Å². The van der Waals surface area contributed by atoms with Crippen molar-refractivity contribution in [3.05, 3.63) is 44.6 Å². The Morgan fingerprint density at radius 2 is 2.21 bits per heavy atom. The fourth-order valence-corrected chi connectivity index (χ4v) is 2.67. The Labute approximate surface area is 110 Å². The molecule has 1 aliphatic heterocycles. The molecule has 0 amide bonds. The lowest BCUT2D eigenvalue weighted by molar-refractivity contribution is 0.487. The van der Waals surface area contributed by atoms with Gasteiger partial charge in [-0.1, -0.05) is 6.07 Å². The highest BCUT2D eigenvalue weighted by Gasteiger charge is 2.17. The largest absolute Gasteiger partial charge is 0.328 e. The zero-order chi connectivity index (χ0) is 13.4. The number of rotatable bonds is 2. The van der Waals surface area contributed by atoms with Crippen LogP contribution in [0.5, 0.6) is 0 Å². The van der Waals surface area contributed by atoms with Crippen LogP contribution in [0.2, 0.25) is 0 Å². The number of nitrogens with zero attached hydrogens (tertiary/aromatic N) is 1. The molecule has 0 bridgehead atoms. The maximum Gasteiger partial charge on any atom is 0.328 e. The van der Waals surface area contributed by atoms with Crippen LogP contribution in [-0.4, -0.2) is 22.1 Å². The Balaban J connectivity index is 2.11. The van der Waals surface area contributed by atoms with Gasteiger partial charge in [-0.05, 0) is 44.0 Å². The van der Waals surface area contributed by atoms with Crippen LogP contribution in [0.25, 0.3) is 10.9 Å². The van der Waals surface area contributed by atoms with Gasteiger partial charge in [-0.2, -0.15) is 0 Å². The predicted octanol–water partition coefficient (Wildman–Crippen LogP) is 0.750. The highest BCUT2D eigenvalue weighted by atomic mass is 16.2. The fraction of sp³-hybridized carbons (Fsp3) is 0.429. The van der Waals surface area contributed by atoms with E-state index in [0.29, 0.717) is 17.4 Å². The summed E-state index contributed by atoms with van der Waals surface area (Å²) in [7, 11) is 0. The lowest BCUT2D eigenvalue weighted by atomic mass is 10.1. The first kappa shape index (κ1) is 12.2. The molecule has 1 aliphatic rings. The Morgan fingerprint density at radius 3 is 2.95 bits per heavy atom. The van der Waals surface area contributed by atoms with Gasteiger partial charge < -0.3 is 10.3 Å². The number of fused-ring (bicyclic) bond motifs is 1. The van der Waals surface area contributed by atoms with Gasteiger partial charge in [0.15, 0.2) is 0 Å². The first-order valence-electron chi connectivity index (χ1n) is 6.62. The molecular formula is C14H17N3O2. The molecule has 5 nitrogen and oxygen atoms in total. The van der Waals surface area contributed by atoms with Crippen molar-refractivity contribution >= 4 is 10.9 Å². The number of nitrogens with one attached hydrogen (secondary N) is 2. The SMILES string of the molecule is Cc1ccc2c(=O)n(CC3CCCN3)c(=O)[nH]c2c1. The van der Waals surface area contributed by atoms with E-state index in [9.17, 15) is 9.59 Å². The summed E-state index contributed by atoms with van der Waals surface area (Å²) < 4.78 is 1.31. The minimum absolute atomic E-state index is 0.201. The van der Waals surface area contributed by atoms with E-state index in [1.807, 2.05) is 19.1 Å². The van der Waals surface area contributed by atoms with Gasteiger partial charge in [-0.25, -0.2) is 4.79 Å². The maximum atomic E-state index is 12.4. The Hall–Kier alpha value is -1.88. The minimum atomic E-state index is -0.322. The van der Waals surface area contributed by atoms with Gasteiger partial charge in [0.1, 0.15) is 0 Å². The third-order valence-electron chi connectivity index (χ3n) is 3.70. The van der Waals surface area contributed by atoms with Crippen LogP contribution in [0.15, 0.2) is 27.8 Å². The van der Waals surface area contributed by atoms with Crippen molar-refractivity contribution in [2.75, 3.05) is 6.54 Å². The zero-order valence-corrected chi connectivity index (χ0v) is 10.9. The molecule has 19 heavy (non-hydrogen) atoms. The molecule has 2 heterocycles. The average molecular weight is 259 g/mol. The molecule has 1 aromatic heterocycles. The van der Waals surface area contributed by atoms with E-state index >= 15 is 0 Å². The second-order valence-electron chi connectivity index (χ2n) is 5.19. The summed E-state index contributed by atoms with van der Waals surface area (Å²) in [5.41, 5.74) is 1.12. The number of aryl methyl sites for hydroxylation is 1. The number of H-pyrrole nitrogens is 1. The molecule has 1 aromatic carbocycles. The maximum absolute atomic E-state index is 12.4. The number of hydrogen-bond donors (Lipinski definition) is 2. The van der Waals surface area contributed by atoms with E-state index < -0.39 is 0 Å². The molecule has 0 radical (unpaired) electrons. The number of aromatic nitrogens is 2. The molecule has 1 unspecified atom stereocenters. The van der Waals surface area contributed by atoms with Crippen molar-refractivity contribution in [3.8, 4) is 0 Å². The molecule has 2 N–H and O–H groups in total. The predicted molar refractivity (Wildman–Crippen MR) is 74.6 cm³/mol. The molecule has 100 valence electrons. The second-order valence-corrected chi connectivity index (χ2v) is 5.19. The van der Waals surface area contributed by atoms with Gasteiger partial charge in [-0.15, -0.1) is 0 Å². The van der Waals surface area contributed by atoms with Gasteiger partial charge in [0.05, 0.1) is 10.9 Å². The van der Waals surface area contributed by atoms with Gasteiger partial charge in [0.25, 0.3) is 5.56 Å². The Bertz CT molecular complexity index is 724. The summed E-state index contributed by atoms with van der Waals surface area (Å²) in [6, 6.07) is 5.72. The van der Waals surface area contributed by atoms with Crippen LogP contribution in [0.3, 0.4) is 0 Å². The zero-order valence-electron chi connectivity index (χ0n) is 10.9. The van der Waals surface area contributed by atoms with Crippen molar-refractivity contribution in [2.24, 2.45) is 0 Å². The van der Waals surface area contributed by atoms with Crippen LogP contribution in [-0.2, 0) is 6.54 Å². The van der Waals surface area contributed by atoms with Crippen molar-refractivity contribution in [2.45, 2.75) is 32.4 Å². The number of aromatic amines is 1. The lowest BCUT2D eigenvalue weighted by Crippen LogP contribution is -2.40. The van der Waals surface area contributed by atoms with Gasteiger partial charge >= 0.3 is 5.69 Å². The molecule has 3 rings (SSSR count). The van der Waals surface area contributed by atoms with Gasteiger partial charge in [0.2, 0.25) is 0 Å². The molecule has 0 saturated carbocycles. The van der Waals surface area contributed by atoms with Gasteiger partial charge in [-0.3, -0.25) is 9.36 Å². The lowest BCUT2D eigenvalue weighted by Gasteiger charge is -2.12. The first-order valence-corrected chi connectivity index (χ1v) is 6.62. The molecule has 5 heteroatoms. The topological polar surface area (TPSA) is 66.9 Å². The molecule has 1 saturated heterocycles.